The summed E-state index contributed by atoms with van der Waals surface area (Å²) in [6.45, 7) is 5.76. The molecule has 0 aliphatic heterocycles. The Morgan fingerprint density at radius 3 is 2.68 bits per heavy atom. The molecule has 0 unspecified atom stereocenters. The predicted octanol–water partition coefficient (Wildman–Crippen LogP) is 4.02. The second-order valence-electron chi connectivity index (χ2n) is 5.83. The van der Waals surface area contributed by atoms with Gasteiger partial charge >= 0.3 is 0 Å². The summed E-state index contributed by atoms with van der Waals surface area (Å²) in [6.07, 6.45) is 10.0. The Hall–Kier alpha value is -0.800. The lowest BCUT2D eigenvalue weighted by molar-refractivity contribution is 0.0302. The van der Waals surface area contributed by atoms with Gasteiger partial charge in [0.15, 0.2) is 0 Å². The Morgan fingerprint density at radius 1 is 1.26 bits per heavy atom. The number of hydrogen-bond acceptors (Lipinski definition) is 3. The van der Waals surface area contributed by atoms with Crippen molar-refractivity contribution in [3.8, 4) is 0 Å². The normalized spacial score (nSPS) is 17.8. The third-order valence-corrected chi connectivity index (χ3v) is 3.79. The van der Waals surface area contributed by atoms with Crippen LogP contribution in [0.4, 0.5) is 0 Å². The molecule has 19 heavy (non-hydrogen) atoms. The topological polar surface area (TPSA) is 34.4 Å². The van der Waals surface area contributed by atoms with Gasteiger partial charge in [0.1, 0.15) is 5.76 Å². The Morgan fingerprint density at radius 2 is 2.00 bits per heavy atom. The first-order valence-electron chi connectivity index (χ1n) is 7.66. The Labute approximate surface area is 116 Å². The van der Waals surface area contributed by atoms with Crippen LogP contribution in [0.15, 0.2) is 16.7 Å². The van der Waals surface area contributed by atoms with Crippen LogP contribution in [0, 0.1) is 0 Å². The molecular weight excluding hydrogens is 238 g/mol. The maximum atomic E-state index is 6.07. The fourth-order valence-corrected chi connectivity index (χ4v) is 2.56. The van der Waals surface area contributed by atoms with Crippen LogP contribution in [-0.2, 0) is 17.9 Å². The SMILES string of the molecule is CC(C)NCc1occc1COC1CCCCCC1. The predicted molar refractivity (Wildman–Crippen MR) is 77.0 cm³/mol. The molecule has 0 atom stereocenters. The highest BCUT2D eigenvalue weighted by molar-refractivity contribution is 5.15. The van der Waals surface area contributed by atoms with E-state index in [-0.39, 0.29) is 0 Å². The van der Waals surface area contributed by atoms with Gasteiger partial charge in [-0.05, 0) is 18.9 Å². The fourth-order valence-electron chi connectivity index (χ4n) is 2.56. The molecule has 3 nitrogen and oxygen atoms in total. The zero-order valence-corrected chi connectivity index (χ0v) is 12.3. The van der Waals surface area contributed by atoms with Crippen LogP contribution in [-0.4, -0.2) is 12.1 Å². The van der Waals surface area contributed by atoms with E-state index in [0.29, 0.717) is 18.8 Å². The summed E-state index contributed by atoms with van der Waals surface area (Å²) in [6, 6.07) is 2.51. The minimum atomic E-state index is 0.448. The third-order valence-electron chi connectivity index (χ3n) is 3.79. The zero-order chi connectivity index (χ0) is 13.5. The highest BCUT2D eigenvalue weighted by Gasteiger charge is 2.14. The van der Waals surface area contributed by atoms with Gasteiger partial charge in [-0.25, -0.2) is 0 Å². The van der Waals surface area contributed by atoms with E-state index in [1.54, 1.807) is 6.26 Å². The number of furan rings is 1. The van der Waals surface area contributed by atoms with Gasteiger partial charge in [0.25, 0.3) is 0 Å². The quantitative estimate of drug-likeness (QED) is 0.789. The van der Waals surface area contributed by atoms with Gasteiger partial charge < -0.3 is 14.5 Å². The molecule has 0 bridgehead atoms. The lowest BCUT2D eigenvalue weighted by Crippen LogP contribution is -2.22. The maximum Gasteiger partial charge on any atom is 0.123 e. The number of rotatable bonds is 6. The van der Waals surface area contributed by atoms with Crippen molar-refractivity contribution in [1.82, 2.24) is 5.32 Å². The largest absolute Gasteiger partial charge is 0.468 e. The summed E-state index contributed by atoms with van der Waals surface area (Å²) in [7, 11) is 0. The second-order valence-corrected chi connectivity index (χ2v) is 5.83. The molecule has 0 radical (unpaired) electrons. The van der Waals surface area contributed by atoms with E-state index in [4.69, 9.17) is 9.15 Å². The molecule has 108 valence electrons. The standard InChI is InChI=1S/C16H27NO2/c1-13(2)17-11-16-14(9-10-18-16)12-19-15-7-5-3-4-6-8-15/h9-10,13,15,17H,3-8,11-12H2,1-2H3. The van der Waals surface area contributed by atoms with E-state index in [9.17, 15) is 0 Å². The monoisotopic (exact) mass is 265 g/mol. The third kappa shape index (κ3) is 5.00. The molecule has 0 aromatic carbocycles. The van der Waals surface area contributed by atoms with Crippen LogP contribution >= 0.6 is 0 Å². The van der Waals surface area contributed by atoms with Gasteiger partial charge in [0, 0.05) is 11.6 Å². The average Bonchev–Trinajstić information content (AvgIpc) is 2.67. The van der Waals surface area contributed by atoms with E-state index in [1.165, 1.54) is 44.1 Å². The second kappa shape index (κ2) is 7.71. The molecule has 0 amide bonds. The van der Waals surface area contributed by atoms with Crippen molar-refractivity contribution >= 4 is 0 Å². The van der Waals surface area contributed by atoms with Crippen LogP contribution in [0.25, 0.3) is 0 Å². The molecule has 1 aromatic heterocycles. The summed E-state index contributed by atoms with van der Waals surface area (Å²) in [5.74, 6) is 1.02. The van der Waals surface area contributed by atoms with E-state index in [1.807, 2.05) is 6.07 Å². The Kier molecular flexibility index (Phi) is 5.93. The summed E-state index contributed by atoms with van der Waals surface area (Å²) in [4.78, 5) is 0. The molecular formula is C16H27NO2. The van der Waals surface area contributed by atoms with Crippen molar-refractivity contribution in [2.24, 2.45) is 0 Å². The molecule has 3 heteroatoms. The van der Waals surface area contributed by atoms with Gasteiger partial charge in [0.05, 0.1) is 25.5 Å². The minimum Gasteiger partial charge on any atom is -0.468 e. The van der Waals surface area contributed by atoms with E-state index in [2.05, 4.69) is 19.2 Å². The highest BCUT2D eigenvalue weighted by atomic mass is 16.5. The van der Waals surface area contributed by atoms with Crippen LogP contribution in [0.5, 0.6) is 0 Å². The van der Waals surface area contributed by atoms with Gasteiger partial charge in [-0.1, -0.05) is 39.5 Å². The van der Waals surface area contributed by atoms with E-state index >= 15 is 0 Å². The molecule has 1 saturated carbocycles. The van der Waals surface area contributed by atoms with Crippen LogP contribution in [0.3, 0.4) is 0 Å². The van der Waals surface area contributed by atoms with Gasteiger partial charge in [0.2, 0.25) is 0 Å². The summed E-state index contributed by atoms with van der Waals surface area (Å²) in [5, 5.41) is 3.39. The molecule has 2 rings (SSSR count). The van der Waals surface area contributed by atoms with Crippen molar-refractivity contribution in [2.75, 3.05) is 0 Å². The van der Waals surface area contributed by atoms with Crippen molar-refractivity contribution in [3.63, 3.8) is 0 Å². The summed E-state index contributed by atoms with van der Waals surface area (Å²) in [5.41, 5.74) is 1.19. The van der Waals surface area contributed by atoms with Gasteiger partial charge in [-0.15, -0.1) is 0 Å². The van der Waals surface area contributed by atoms with Gasteiger partial charge in [-0.2, -0.15) is 0 Å². The maximum absolute atomic E-state index is 6.07. The van der Waals surface area contributed by atoms with Crippen molar-refractivity contribution in [2.45, 2.75) is 77.7 Å². The lowest BCUT2D eigenvalue weighted by Gasteiger charge is -2.15. The van der Waals surface area contributed by atoms with Crippen molar-refractivity contribution in [1.29, 1.82) is 0 Å². The van der Waals surface area contributed by atoms with Crippen molar-refractivity contribution < 1.29 is 9.15 Å². The lowest BCUT2D eigenvalue weighted by atomic mass is 10.1. The summed E-state index contributed by atoms with van der Waals surface area (Å²) < 4.78 is 11.6. The molecule has 1 aliphatic rings. The van der Waals surface area contributed by atoms with Crippen LogP contribution in [0.1, 0.15) is 63.7 Å². The number of nitrogens with one attached hydrogen (secondary N) is 1. The van der Waals surface area contributed by atoms with Crippen LogP contribution < -0.4 is 5.32 Å². The van der Waals surface area contributed by atoms with E-state index in [0.717, 1.165) is 12.3 Å². The molecule has 1 aliphatic carbocycles. The van der Waals surface area contributed by atoms with Gasteiger partial charge in [-0.3, -0.25) is 0 Å². The Balaban J connectivity index is 1.80. The summed E-state index contributed by atoms with van der Waals surface area (Å²) >= 11 is 0. The molecule has 0 spiro atoms. The van der Waals surface area contributed by atoms with E-state index < -0.39 is 0 Å². The first-order valence-corrected chi connectivity index (χ1v) is 7.66. The molecule has 1 aromatic rings. The smallest absolute Gasteiger partial charge is 0.123 e. The first kappa shape index (κ1) is 14.6. The van der Waals surface area contributed by atoms with Crippen LogP contribution in [0.2, 0.25) is 0 Å². The Bertz CT molecular complexity index is 351. The van der Waals surface area contributed by atoms with Crippen molar-refractivity contribution in [3.05, 3.63) is 23.7 Å². The first-order chi connectivity index (χ1) is 9.25. The number of hydrogen-bond donors (Lipinski definition) is 1. The number of ether oxygens (including phenoxy) is 1. The molecule has 1 N–H and O–H groups in total. The fraction of sp³-hybridized carbons (Fsp3) is 0.750. The molecule has 0 saturated heterocycles. The molecule has 1 heterocycles. The average molecular weight is 265 g/mol. The zero-order valence-electron chi connectivity index (χ0n) is 12.3. The molecule has 1 fully saturated rings. The minimum absolute atomic E-state index is 0.448. The highest BCUT2D eigenvalue weighted by Crippen LogP contribution is 2.22.